The largest absolute Gasteiger partial charge is 0.386 e. The van der Waals surface area contributed by atoms with Crippen molar-refractivity contribution in [3.05, 3.63) is 75.7 Å². The molecular formula is C20H21N3O2S. The van der Waals surface area contributed by atoms with Crippen LogP contribution in [-0.2, 0) is 30.7 Å². The Hall–Kier alpha value is -2.44. The van der Waals surface area contributed by atoms with E-state index in [9.17, 15) is 9.90 Å². The fourth-order valence-electron chi connectivity index (χ4n) is 3.29. The van der Waals surface area contributed by atoms with E-state index < -0.39 is 6.10 Å². The summed E-state index contributed by atoms with van der Waals surface area (Å²) >= 11 is 1.61. The summed E-state index contributed by atoms with van der Waals surface area (Å²) < 4.78 is 1.91. The molecule has 0 fully saturated rings. The molecule has 3 aromatic rings. The lowest BCUT2D eigenvalue weighted by molar-refractivity contribution is -0.132. The zero-order chi connectivity index (χ0) is 17.9. The minimum Gasteiger partial charge on any atom is -0.386 e. The van der Waals surface area contributed by atoms with Crippen molar-refractivity contribution < 1.29 is 9.90 Å². The molecule has 3 heterocycles. The van der Waals surface area contributed by atoms with E-state index in [2.05, 4.69) is 5.10 Å². The monoisotopic (exact) mass is 367 g/mol. The molecule has 0 saturated carbocycles. The summed E-state index contributed by atoms with van der Waals surface area (Å²) in [5, 5.41) is 19.1. The van der Waals surface area contributed by atoms with Crippen LogP contribution in [0.5, 0.6) is 0 Å². The number of rotatable bonds is 5. The Morgan fingerprint density at radius 2 is 2.04 bits per heavy atom. The summed E-state index contributed by atoms with van der Waals surface area (Å²) in [5.41, 5.74) is 3.81. The van der Waals surface area contributed by atoms with Gasteiger partial charge in [0.1, 0.15) is 6.10 Å². The van der Waals surface area contributed by atoms with Crippen LogP contribution < -0.4 is 0 Å². The van der Waals surface area contributed by atoms with E-state index in [0.29, 0.717) is 38.2 Å². The number of hydrogen-bond donors (Lipinski definition) is 1. The number of aromatic nitrogens is 2. The van der Waals surface area contributed by atoms with Crippen molar-refractivity contribution in [2.45, 2.75) is 32.0 Å². The predicted octanol–water partition coefficient (Wildman–Crippen LogP) is 2.81. The third-order valence-corrected chi connectivity index (χ3v) is 5.45. The quantitative estimate of drug-likeness (QED) is 0.754. The molecule has 1 amide bonds. The van der Waals surface area contributed by atoms with Crippen LogP contribution >= 0.6 is 11.3 Å². The molecule has 26 heavy (non-hydrogen) atoms. The number of benzene rings is 1. The second-order valence-electron chi connectivity index (χ2n) is 6.61. The van der Waals surface area contributed by atoms with Crippen LogP contribution in [0, 0.1) is 0 Å². The summed E-state index contributed by atoms with van der Waals surface area (Å²) in [6, 6.07) is 13.8. The molecule has 1 aliphatic heterocycles. The molecule has 2 aromatic heterocycles. The summed E-state index contributed by atoms with van der Waals surface area (Å²) in [4.78, 5) is 14.4. The second-order valence-corrected chi connectivity index (χ2v) is 7.39. The first-order valence-electron chi connectivity index (χ1n) is 8.76. The first kappa shape index (κ1) is 17.0. The Morgan fingerprint density at radius 3 is 2.81 bits per heavy atom. The van der Waals surface area contributed by atoms with Crippen LogP contribution in [0.1, 0.15) is 28.6 Å². The van der Waals surface area contributed by atoms with Crippen LogP contribution in [0.4, 0.5) is 0 Å². The van der Waals surface area contributed by atoms with Gasteiger partial charge in [0.25, 0.3) is 0 Å². The van der Waals surface area contributed by atoms with E-state index in [1.54, 1.807) is 11.3 Å². The van der Waals surface area contributed by atoms with Gasteiger partial charge in [-0.1, -0.05) is 30.3 Å². The molecule has 1 unspecified atom stereocenters. The van der Waals surface area contributed by atoms with Gasteiger partial charge in [-0.25, -0.2) is 0 Å². The first-order chi connectivity index (χ1) is 12.7. The van der Waals surface area contributed by atoms with Crippen molar-refractivity contribution in [1.82, 2.24) is 14.7 Å². The summed E-state index contributed by atoms with van der Waals surface area (Å²) in [6.45, 7) is 1.88. The Morgan fingerprint density at radius 1 is 1.19 bits per heavy atom. The molecule has 4 rings (SSSR count). The van der Waals surface area contributed by atoms with Gasteiger partial charge in [-0.3, -0.25) is 9.48 Å². The maximum Gasteiger partial charge on any atom is 0.227 e. The molecule has 0 bridgehead atoms. The third-order valence-electron chi connectivity index (χ3n) is 4.72. The predicted molar refractivity (Wildman–Crippen MR) is 101 cm³/mol. The smallest absolute Gasteiger partial charge is 0.227 e. The molecule has 0 aliphatic carbocycles. The number of nitrogens with zero attached hydrogens (tertiary/aromatic N) is 3. The topological polar surface area (TPSA) is 58.4 Å². The highest BCUT2D eigenvalue weighted by Crippen LogP contribution is 2.22. The van der Waals surface area contributed by atoms with E-state index in [4.69, 9.17) is 0 Å². The normalized spacial score (nSPS) is 14.9. The number of carbonyl (C=O) groups is 1. The summed E-state index contributed by atoms with van der Waals surface area (Å²) in [5.74, 6) is 0.141. The molecule has 6 heteroatoms. The number of fused-ring (bicyclic) bond motifs is 1. The highest BCUT2D eigenvalue weighted by Gasteiger charge is 2.24. The Labute approximate surface area is 156 Å². The average Bonchev–Trinajstić information content (AvgIpc) is 3.31. The van der Waals surface area contributed by atoms with Gasteiger partial charge in [0.05, 0.1) is 30.9 Å². The molecule has 1 N–H and O–H groups in total. The lowest BCUT2D eigenvalue weighted by Crippen LogP contribution is -2.39. The molecule has 0 radical (unpaired) electrons. The lowest BCUT2D eigenvalue weighted by Gasteiger charge is -2.27. The fourth-order valence-corrected chi connectivity index (χ4v) is 3.95. The maximum absolute atomic E-state index is 12.5. The van der Waals surface area contributed by atoms with Crippen LogP contribution in [0.3, 0.4) is 0 Å². The average molecular weight is 367 g/mol. The van der Waals surface area contributed by atoms with Gasteiger partial charge >= 0.3 is 0 Å². The van der Waals surface area contributed by atoms with Gasteiger partial charge in [-0.05, 0) is 34.0 Å². The van der Waals surface area contributed by atoms with Crippen LogP contribution in [0.2, 0.25) is 0 Å². The van der Waals surface area contributed by atoms with Crippen molar-refractivity contribution in [3.8, 4) is 0 Å². The number of amides is 1. The van der Waals surface area contributed by atoms with E-state index in [1.807, 2.05) is 62.8 Å². The molecular weight excluding hydrogens is 346 g/mol. The minimum atomic E-state index is -0.634. The van der Waals surface area contributed by atoms with E-state index >= 15 is 0 Å². The summed E-state index contributed by atoms with van der Waals surface area (Å²) in [7, 11) is 0. The maximum atomic E-state index is 12.5. The number of carbonyl (C=O) groups excluding carboxylic acids is 1. The molecule has 1 atom stereocenters. The molecule has 1 aromatic carbocycles. The number of thiophene rings is 1. The highest BCUT2D eigenvalue weighted by molar-refractivity contribution is 7.08. The molecule has 134 valence electrons. The second kappa shape index (κ2) is 7.43. The van der Waals surface area contributed by atoms with Crippen molar-refractivity contribution in [3.63, 3.8) is 0 Å². The fraction of sp³-hybridized carbons (Fsp3) is 0.300. The zero-order valence-electron chi connectivity index (χ0n) is 14.4. The van der Waals surface area contributed by atoms with E-state index in [1.165, 1.54) is 0 Å². The molecule has 1 aliphatic rings. The molecule has 0 spiro atoms. The number of aliphatic hydroxyl groups excluding tert-OH is 1. The standard InChI is InChI=1S/C20H21N3O2S/c24-19(10-15-4-2-1-3-5-15)18-12-17-13-22(7-8-23(17)21-18)20(25)11-16-6-9-26-14-16/h1-6,9,12,14,19,24H,7-8,10-11,13H2. The van der Waals surface area contributed by atoms with E-state index in [0.717, 1.165) is 16.8 Å². The van der Waals surface area contributed by atoms with Crippen molar-refractivity contribution >= 4 is 17.2 Å². The van der Waals surface area contributed by atoms with Gasteiger partial charge in [0.2, 0.25) is 5.91 Å². The SMILES string of the molecule is O=C(Cc1ccsc1)N1CCn2nc(C(O)Cc3ccccc3)cc2C1. The Bertz CT molecular complexity index is 874. The van der Waals surface area contributed by atoms with Crippen molar-refractivity contribution in [1.29, 1.82) is 0 Å². The van der Waals surface area contributed by atoms with Gasteiger partial charge < -0.3 is 10.0 Å². The highest BCUT2D eigenvalue weighted by atomic mass is 32.1. The zero-order valence-corrected chi connectivity index (χ0v) is 15.2. The van der Waals surface area contributed by atoms with Crippen LogP contribution in [-0.4, -0.2) is 32.2 Å². The number of hydrogen-bond acceptors (Lipinski definition) is 4. The lowest BCUT2D eigenvalue weighted by atomic mass is 10.1. The molecule has 5 nitrogen and oxygen atoms in total. The van der Waals surface area contributed by atoms with Crippen LogP contribution in [0.25, 0.3) is 0 Å². The minimum absolute atomic E-state index is 0.141. The van der Waals surface area contributed by atoms with Crippen LogP contribution in [0.15, 0.2) is 53.2 Å². The Kier molecular flexibility index (Phi) is 4.86. The van der Waals surface area contributed by atoms with Gasteiger partial charge in [0, 0.05) is 13.0 Å². The van der Waals surface area contributed by atoms with Crippen molar-refractivity contribution in [2.24, 2.45) is 0 Å². The summed E-state index contributed by atoms with van der Waals surface area (Å²) in [6.07, 6.45) is 0.352. The van der Waals surface area contributed by atoms with Gasteiger partial charge in [-0.2, -0.15) is 16.4 Å². The van der Waals surface area contributed by atoms with Gasteiger partial charge in [-0.15, -0.1) is 0 Å². The van der Waals surface area contributed by atoms with Gasteiger partial charge in [0.15, 0.2) is 0 Å². The first-order valence-corrected chi connectivity index (χ1v) is 9.71. The van der Waals surface area contributed by atoms with E-state index in [-0.39, 0.29) is 5.91 Å². The third kappa shape index (κ3) is 3.71. The Balaban J connectivity index is 1.42. The number of aliphatic hydroxyl groups is 1. The molecule has 0 saturated heterocycles. The van der Waals surface area contributed by atoms with Crippen molar-refractivity contribution in [2.75, 3.05) is 6.54 Å².